The van der Waals surface area contributed by atoms with Gasteiger partial charge >= 0.3 is 5.97 Å². The van der Waals surface area contributed by atoms with Gasteiger partial charge < -0.3 is 10.1 Å². The highest BCUT2D eigenvalue weighted by Gasteiger charge is 2.18. The SMILES string of the molecule is COC(=O)c1cc(NC(=O)c2cc(N(C)S(C)(=O)=O)ccc2Cl)ccc1Cl. The number of rotatable bonds is 5. The number of carbonyl (C=O) groups excluding carboxylic acids is 2. The van der Waals surface area contributed by atoms with E-state index in [2.05, 4.69) is 10.1 Å². The molecule has 0 saturated heterocycles. The van der Waals surface area contributed by atoms with Gasteiger partial charge in [-0.05, 0) is 36.4 Å². The summed E-state index contributed by atoms with van der Waals surface area (Å²) >= 11 is 12.0. The Hall–Kier alpha value is -2.29. The van der Waals surface area contributed by atoms with Crippen molar-refractivity contribution in [3.05, 3.63) is 57.6 Å². The highest BCUT2D eigenvalue weighted by atomic mass is 35.5. The third-order valence-corrected chi connectivity index (χ3v) is 5.55. The van der Waals surface area contributed by atoms with Crippen molar-refractivity contribution in [1.29, 1.82) is 0 Å². The van der Waals surface area contributed by atoms with Gasteiger partial charge in [-0.25, -0.2) is 13.2 Å². The van der Waals surface area contributed by atoms with Gasteiger partial charge in [0.25, 0.3) is 5.91 Å². The Morgan fingerprint density at radius 3 is 2.22 bits per heavy atom. The molecule has 7 nitrogen and oxygen atoms in total. The van der Waals surface area contributed by atoms with Crippen LogP contribution in [-0.2, 0) is 14.8 Å². The van der Waals surface area contributed by atoms with Crippen LogP contribution < -0.4 is 9.62 Å². The van der Waals surface area contributed by atoms with Crippen LogP contribution in [0, 0.1) is 0 Å². The van der Waals surface area contributed by atoms with E-state index in [9.17, 15) is 18.0 Å². The lowest BCUT2D eigenvalue weighted by atomic mass is 10.1. The molecule has 0 unspecified atom stereocenters. The Balaban J connectivity index is 2.35. The number of ether oxygens (including phenoxy) is 1. The van der Waals surface area contributed by atoms with E-state index in [0.717, 1.165) is 10.6 Å². The molecule has 1 N–H and O–H groups in total. The summed E-state index contributed by atoms with van der Waals surface area (Å²) in [7, 11) is -0.921. The molecule has 0 aliphatic rings. The van der Waals surface area contributed by atoms with E-state index in [4.69, 9.17) is 23.2 Å². The van der Waals surface area contributed by atoms with Crippen LogP contribution in [0.2, 0.25) is 10.0 Å². The second-order valence-electron chi connectivity index (χ2n) is 5.53. The monoisotopic (exact) mass is 430 g/mol. The number of hydrogen-bond donors (Lipinski definition) is 1. The van der Waals surface area contributed by atoms with E-state index in [1.165, 1.54) is 50.6 Å². The molecule has 0 aliphatic carbocycles. The first-order valence-corrected chi connectivity index (χ1v) is 10.1. The molecule has 0 heterocycles. The average Bonchev–Trinajstić information content (AvgIpc) is 2.61. The van der Waals surface area contributed by atoms with Gasteiger partial charge in [-0.3, -0.25) is 9.10 Å². The Labute approximate surface area is 166 Å². The fraction of sp³-hybridized carbons (Fsp3) is 0.176. The Morgan fingerprint density at radius 1 is 1.04 bits per heavy atom. The summed E-state index contributed by atoms with van der Waals surface area (Å²) in [4.78, 5) is 24.3. The normalized spacial score (nSPS) is 11.0. The predicted molar refractivity (Wildman–Crippen MR) is 105 cm³/mol. The zero-order valence-corrected chi connectivity index (χ0v) is 16.9. The van der Waals surface area contributed by atoms with Crippen LogP contribution >= 0.6 is 23.2 Å². The van der Waals surface area contributed by atoms with Crippen LogP contribution in [0.15, 0.2) is 36.4 Å². The van der Waals surface area contributed by atoms with Crippen molar-refractivity contribution >= 4 is 56.5 Å². The molecule has 0 fully saturated rings. The number of nitrogens with one attached hydrogen (secondary N) is 1. The van der Waals surface area contributed by atoms with Crippen LogP contribution in [0.3, 0.4) is 0 Å². The van der Waals surface area contributed by atoms with Crippen molar-refractivity contribution in [2.75, 3.05) is 30.0 Å². The predicted octanol–water partition coefficient (Wildman–Crippen LogP) is 3.43. The molecule has 0 spiro atoms. The smallest absolute Gasteiger partial charge is 0.339 e. The summed E-state index contributed by atoms with van der Waals surface area (Å²) in [6, 6.07) is 8.58. The molecule has 0 aliphatic heterocycles. The lowest BCUT2D eigenvalue weighted by molar-refractivity contribution is 0.0600. The van der Waals surface area contributed by atoms with Crippen LogP contribution in [-0.4, -0.2) is 40.7 Å². The molecule has 0 atom stereocenters. The number of sulfonamides is 1. The summed E-state index contributed by atoms with van der Waals surface area (Å²) in [6.45, 7) is 0. The number of methoxy groups -OCH3 is 1. The molecule has 0 radical (unpaired) electrons. The summed E-state index contributed by atoms with van der Waals surface area (Å²) < 4.78 is 29.0. The van der Waals surface area contributed by atoms with Crippen molar-refractivity contribution in [3.8, 4) is 0 Å². The summed E-state index contributed by atoms with van der Waals surface area (Å²) in [6.07, 6.45) is 1.05. The van der Waals surface area contributed by atoms with Gasteiger partial charge in [0.2, 0.25) is 10.0 Å². The Morgan fingerprint density at radius 2 is 1.63 bits per heavy atom. The lowest BCUT2D eigenvalue weighted by Gasteiger charge is -2.18. The minimum absolute atomic E-state index is 0.0687. The van der Waals surface area contributed by atoms with E-state index in [1.54, 1.807) is 0 Å². The maximum absolute atomic E-state index is 12.6. The molecule has 0 aromatic heterocycles. The third kappa shape index (κ3) is 4.91. The summed E-state index contributed by atoms with van der Waals surface area (Å²) in [5.41, 5.74) is 0.731. The maximum Gasteiger partial charge on any atom is 0.339 e. The first-order valence-electron chi connectivity index (χ1n) is 7.47. The second-order valence-corrected chi connectivity index (χ2v) is 8.36. The van der Waals surface area contributed by atoms with Crippen LogP contribution in [0.25, 0.3) is 0 Å². The number of nitrogens with zero attached hydrogens (tertiary/aromatic N) is 1. The molecule has 2 rings (SSSR count). The molecule has 27 heavy (non-hydrogen) atoms. The molecule has 1 amide bonds. The fourth-order valence-corrected chi connectivity index (χ4v) is 3.04. The molecule has 2 aromatic rings. The van der Waals surface area contributed by atoms with Gasteiger partial charge in [-0.15, -0.1) is 0 Å². The van der Waals surface area contributed by atoms with E-state index in [-0.39, 0.29) is 26.9 Å². The zero-order valence-electron chi connectivity index (χ0n) is 14.6. The molecule has 2 aromatic carbocycles. The highest BCUT2D eigenvalue weighted by Crippen LogP contribution is 2.26. The van der Waals surface area contributed by atoms with Gasteiger partial charge in [0.1, 0.15) is 0 Å². The van der Waals surface area contributed by atoms with E-state index < -0.39 is 21.9 Å². The van der Waals surface area contributed by atoms with E-state index in [0.29, 0.717) is 5.69 Å². The number of hydrogen-bond acceptors (Lipinski definition) is 5. The summed E-state index contributed by atoms with van der Waals surface area (Å²) in [5, 5.41) is 2.91. The summed E-state index contributed by atoms with van der Waals surface area (Å²) in [5.74, 6) is -1.23. The second kappa shape index (κ2) is 8.16. The van der Waals surface area contributed by atoms with Crippen LogP contribution in [0.4, 0.5) is 11.4 Å². The van der Waals surface area contributed by atoms with Crippen molar-refractivity contribution in [2.24, 2.45) is 0 Å². The average molecular weight is 431 g/mol. The number of benzene rings is 2. The van der Waals surface area contributed by atoms with Crippen molar-refractivity contribution in [2.45, 2.75) is 0 Å². The number of amides is 1. The Kier molecular flexibility index (Phi) is 6.35. The van der Waals surface area contributed by atoms with Gasteiger partial charge in [-0.1, -0.05) is 23.2 Å². The first kappa shape index (κ1) is 21.0. The minimum Gasteiger partial charge on any atom is -0.465 e. The van der Waals surface area contributed by atoms with Crippen molar-refractivity contribution < 1.29 is 22.7 Å². The minimum atomic E-state index is -3.50. The number of carbonyl (C=O) groups is 2. The van der Waals surface area contributed by atoms with Crippen molar-refractivity contribution in [1.82, 2.24) is 0 Å². The standard InChI is InChI=1S/C17H16Cl2N2O5S/c1-21(27(3,24)25)11-5-7-14(18)12(9-11)16(22)20-10-4-6-15(19)13(8-10)17(23)26-2/h4-9H,1-3H3,(H,20,22). The molecule has 0 saturated carbocycles. The molecule has 10 heteroatoms. The molecular formula is C17H16Cl2N2O5S. The Bertz CT molecular complexity index is 1010. The lowest BCUT2D eigenvalue weighted by Crippen LogP contribution is -2.25. The van der Waals surface area contributed by atoms with Gasteiger partial charge in [-0.2, -0.15) is 0 Å². The first-order chi connectivity index (χ1) is 12.5. The largest absolute Gasteiger partial charge is 0.465 e. The molecular weight excluding hydrogens is 415 g/mol. The maximum atomic E-state index is 12.6. The number of esters is 1. The number of halogens is 2. The van der Waals surface area contributed by atoms with Gasteiger partial charge in [0.15, 0.2) is 0 Å². The number of anilines is 2. The highest BCUT2D eigenvalue weighted by molar-refractivity contribution is 7.92. The topological polar surface area (TPSA) is 92.8 Å². The van der Waals surface area contributed by atoms with Crippen molar-refractivity contribution in [3.63, 3.8) is 0 Å². The fourth-order valence-electron chi connectivity index (χ4n) is 2.14. The van der Waals surface area contributed by atoms with E-state index in [1.807, 2.05) is 0 Å². The van der Waals surface area contributed by atoms with Crippen LogP contribution in [0.5, 0.6) is 0 Å². The quantitative estimate of drug-likeness (QED) is 0.733. The van der Waals surface area contributed by atoms with Gasteiger partial charge in [0, 0.05) is 12.7 Å². The molecule has 0 bridgehead atoms. The van der Waals surface area contributed by atoms with Crippen LogP contribution in [0.1, 0.15) is 20.7 Å². The third-order valence-electron chi connectivity index (χ3n) is 3.69. The zero-order chi connectivity index (χ0) is 20.4. The van der Waals surface area contributed by atoms with Gasteiger partial charge in [0.05, 0.1) is 40.2 Å². The van der Waals surface area contributed by atoms with E-state index >= 15 is 0 Å². The molecule has 144 valence electrons.